The van der Waals surface area contributed by atoms with Crippen LogP contribution in [0, 0.1) is 11.8 Å². The summed E-state index contributed by atoms with van der Waals surface area (Å²) in [6.07, 6.45) is -9.72. The molecule has 0 fully saturated rings. The summed E-state index contributed by atoms with van der Waals surface area (Å²) in [6.45, 7) is -0.155. The SMILES string of the molecule is NCC#Cc1cc(C(F)(F)F)cc(C(F)(F)F)c1. The molecule has 0 atom stereocenters. The van der Waals surface area contributed by atoms with E-state index in [1.807, 2.05) is 0 Å². The maximum absolute atomic E-state index is 12.4. The fraction of sp³-hybridized carbons (Fsp3) is 0.273. The molecule has 7 heteroatoms. The normalized spacial score (nSPS) is 11.9. The first kappa shape index (κ1) is 14.4. The van der Waals surface area contributed by atoms with Gasteiger partial charge in [-0.2, -0.15) is 26.3 Å². The Balaban J connectivity index is 3.39. The summed E-state index contributed by atoms with van der Waals surface area (Å²) < 4.78 is 74.5. The third kappa shape index (κ3) is 3.67. The molecule has 0 aromatic heterocycles. The molecule has 0 saturated heterocycles. The quantitative estimate of drug-likeness (QED) is 0.567. The van der Waals surface area contributed by atoms with Crippen LogP contribution in [0.15, 0.2) is 18.2 Å². The molecule has 1 nitrogen and oxygen atoms in total. The highest BCUT2D eigenvalue weighted by molar-refractivity contribution is 5.42. The Morgan fingerprint density at radius 3 is 1.67 bits per heavy atom. The lowest BCUT2D eigenvalue weighted by molar-refractivity contribution is -0.143. The van der Waals surface area contributed by atoms with Crippen LogP contribution in [0.1, 0.15) is 16.7 Å². The highest BCUT2D eigenvalue weighted by Gasteiger charge is 2.36. The number of benzene rings is 1. The van der Waals surface area contributed by atoms with Crippen molar-refractivity contribution >= 4 is 0 Å². The van der Waals surface area contributed by atoms with Gasteiger partial charge in [-0.3, -0.25) is 0 Å². The van der Waals surface area contributed by atoms with E-state index in [0.29, 0.717) is 12.1 Å². The predicted octanol–water partition coefficient (Wildman–Crippen LogP) is 3.03. The van der Waals surface area contributed by atoms with Crippen LogP contribution in [-0.4, -0.2) is 6.54 Å². The number of nitrogens with two attached hydrogens (primary N) is 1. The van der Waals surface area contributed by atoms with Crippen molar-refractivity contribution < 1.29 is 26.3 Å². The fourth-order valence-corrected chi connectivity index (χ4v) is 1.18. The Bertz CT molecular complexity index is 457. The standard InChI is InChI=1S/C11H7F6N/c12-10(13,14)8-4-7(2-1-3-18)5-9(6-8)11(15,16)17/h4-6H,3,18H2. The van der Waals surface area contributed by atoms with Crippen LogP contribution in [0.2, 0.25) is 0 Å². The molecule has 0 aliphatic carbocycles. The van der Waals surface area contributed by atoms with E-state index in [-0.39, 0.29) is 18.2 Å². The monoisotopic (exact) mass is 267 g/mol. The van der Waals surface area contributed by atoms with Crippen molar-refractivity contribution in [2.75, 3.05) is 6.54 Å². The van der Waals surface area contributed by atoms with Gasteiger partial charge in [0.2, 0.25) is 0 Å². The Morgan fingerprint density at radius 2 is 1.33 bits per heavy atom. The third-order valence-electron chi connectivity index (χ3n) is 1.92. The highest BCUT2D eigenvalue weighted by atomic mass is 19.4. The van der Waals surface area contributed by atoms with Gasteiger partial charge in [-0.15, -0.1) is 0 Å². The van der Waals surface area contributed by atoms with E-state index in [9.17, 15) is 26.3 Å². The summed E-state index contributed by atoms with van der Waals surface area (Å²) in [5.74, 6) is 4.36. The lowest BCUT2D eigenvalue weighted by atomic mass is 10.0. The first-order valence-electron chi connectivity index (χ1n) is 4.63. The van der Waals surface area contributed by atoms with E-state index in [4.69, 9.17) is 5.73 Å². The molecule has 0 spiro atoms. The van der Waals surface area contributed by atoms with E-state index in [0.717, 1.165) is 0 Å². The topological polar surface area (TPSA) is 26.0 Å². The number of rotatable bonds is 0. The van der Waals surface area contributed by atoms with Gasteiger partial charge in [-0.1, -0.05) is 11.8 Å². The van der Waals surface area contributed by atoms with Crippen molar-refractivity contribution in [2.45, 2.75) is 12.4 Å². The van der Waals surface area contributed by atoms with Gasteiger partial charge in [0.25, 0.3) is 0 Å². The van der Waals surface area contributed by atoms with Crippen molar-refractivity contribution in [3.8, 4) is 11.8 Å². The first-order chi connectivity index (χ1) is 8.14. The van der Waals surface area contributed by atoms with Gasteiger partial charge in [0, 0.05) is 5.56 Å². The molecule has 0 aliphatic heterocycles. The Labute approximate surface area is 98.6 Å². The highest BCUT2D eigenvalue weighted by Crippen LogP contribution is 2.36. The van der Waals surface area contributed by atoms with Gasteiger partial charge in [-0.05, 0) is 18.2 Å². The zero-order valence-corrected chi connectivity index (χ0v) is 8.78. The number of hydrogen-bond acceptors (Lipinski definition) is 1. The largest absolute Gasteiger partial charge is 0.416 e. The Morgan fingerprint density at radius 1 is 0.889 bits per heavy atom. The minimum atomic E-state index is -4.86. The molecular weight excluding hydrogens is 260 g/mol. The van der Waals surface area contributed by atoms with Gasteiger partial charge in [-0.25, -0.2) is 0 Å². The number of alkyl halides is 6. The van der Waals surface area contributed by atoms with Crippen LogP contribution in [0.3, 0.4) is 0 Å². The van der Waals surface area contributed by atoms with Crippen molar-refractivity contribution in [1.82, 2.24) is 0 Å². The lowest BCUT2D eigenvalue weighted by Gasteiger charge is -2.12. The van der Waals surface area contributed by atoms with Crippen molar-refractivity contribution in [3.05, 3.63) is 34.9 Å². The van der Waals surface area contributed by atoms with E-state index in [1.165, 1.54) is 0 Å². The lowest BCUT2D eigenvalue weighted by Crippen LogP contribution is -2.11. The van der Waals surface area contributed by atoms with Crippen molar-refractivity contribution in [1.29, 1.82) is 0 Å². The minimum absolute atomic E-state index is 0.0492. The molecule has 98 valence electrons. The second-order valence-corrected chi connectivity index (χ2v) is 3.30. The van der Waals surface area contributed by atoms with E-state index < -0.39 is 23.5 Å². The van der Waals surface area contributed by atoms with E-state index in [2.05, 4.69) is 11.8 Å². The van der Waals surface area contributed by atoms with Gasteiger partial charge < -0.3 is 5.73 Å². The van der Waals surface area contributed by atoms with Crippen LogP contribution in [-0.2, 0) is 12.4 Å². The van der Waals surface area contributed by atoms with Gasteiger partial charge in [0.05, 0.1) is 17.7 Å². The molecular formula is C11H7F6N. The second-order valence-electron chi connectivity index (χ2n) is 3.30. The van der Waals surface area contributed by atoms with Crippen molar-refractivity contribution in [2.24, 2.45) is 5.73 Å². The second kappa shape index (κ2) is 4.90. The number of halogens is 6. The maximum Gasteiger partial charge on any atom is 0.416 e. The summed E-state index contributed by atoms with van der Waals surface area (Å²) >= 11 is 0. The minimum Gasteiger partial charge on any atom is -0.320 e. The first-order valence-corrected chi connectivity index (χ1v) is 4.63. The summed E-state index contributed by atoms with van der Waals surface area (Å²) in [5.41, 5.74) is 1.85. The number of hydrogen-bond donors (Lipinski definition) is 1. The predicted molar refractivity (Wildman–Crippen MR) is 52.4 cm³/mol. The average Bonchev–Trinajstić information content (AvgIpc) is 2.23. The van der Waals surface area contributed by atoms with Crippen molar-refractivity contribution in [3.63, 3.8) is 0 Å². The van der Waals surface area contributed by atoms with Gasteiger partial charge >= 0.3 is 12.4 Å². The molecule has 0 amide bonds. The molecule has 0 radical (unpaired) electrons. The van der Waals surface area contributed by atoms with Crippen LogP contribution in [0.4, 0.5) is 26.3 Å². The van der Waals surface area contributed by atoms with E-state index in [1.54, 1.807) is 0 Å². The van der Waals surface area contributed by atoms with E-state index >= 15 is 0 Å². The summed E-state index contributed by atoms with van der Waals surface area (Å²) in [5, 5.41) is 0. The molecule has 0 aliphatic rings. The maximum atomic E-state index is 12.4. The molecule has 18 heavy (non-hydrogen) atoms. The summed E-state index contributed by atoms with van der Waals surface area (Å²) in [4.78, 5) is 0. The average molecular weight is 267 g/mol. The molecule has 1 aromatic carbocycles. The van der Waals surface area contributed by atoms with Crippen LogP contribution >= 0.6 is 0 Å². The summed E-state index contributed by atoms with van der Waals surface area (Å²) in [6, 6.07) is 1.16. The smallest absolute Gasteiger partial charge is 0.320 e. The molecule has 2 N–H and O–H groups in total. The third-order valence-corrected chi connectivity index (χ3v) is 1.92. The summed E-state index contributed by atoms with van der Waals surface area (Å²) in [7, 11) is 0. The van der Waals surface area contributed by atoms with Gasteiger partial charge in [0.1, 0.15) is 0 Å². The fourth-order valence-electron chi connectivity index (χ4n) is 1.18. The molecule has 1 rings (SSSR count). The van der Waals surface area contributed by atoms with Crippen LogP contribution in [0.25, 0.3) is 0 Å². The molecule has 0 saturated carbocycles. The Hall–Kier alpha value is -1.68. The molecule has 1 aromatic rings. The molecule has 0 bridgehead atoms. The molecule has 0 unspecified atom stereocenters. The van der Waals surface area contributed by atoms with Crippen LogP contribution < -0.4 is 5.73 Å². The van der Waals surface area contributed by atoms with Crippen LogP contribution in [0.5, 0.6) is 0 Å². The zero-order chi connectivity index (χ0) is 14.0. The zero-order valence-electron chi connectivity index (χ0n) is 8.78. The van der Waals surface area contributed by atoms with Gasteiger partial charge in [0.15, 0.2) is 0 Å². The Kier molecular flexibility index (Phi) is 3.92. The molecule has 0 heterocycles.